The second-order valence-corrected chi connectivity index (χ2v) is 4.32. The monoisotopic (exact) mass is 235 g/mol. The molecule has 0 saturated heterocycles. The minimum atomic E-state index is -0.458. The van der Waals surface area contributed by atoms with Gasteiger partial charge in [-0.15, -0.1) is 0 Å². The lowest BCUT2D eigenvalue weighted by atomic mass is 9.98. The third kappa shape index (κ3) is 2.10. The van der Waals surface area contributed by atoms with E-state index in [4.69, 9.17) is 10.5 Å². The zero-order chi connectivity index (χ0) is 12.4. The van der Waals surface area contributed by atoms with Crippen molar-refractivity contribution in [3.8, 4) is 5.75 Å². The number of amides is 1. The summed E-state index contributed by atoms with van der Waals surface area (Å²) >= 11 is 0. The molecule has 1 aromatic heterocycles. The zero-order valence-corrected chi connectivity index (χ0v) is 10.1. The van der Waals surface area contributed by atoms with Crippen LogP contribution in [0.25, 0.3) is 0 Å². The maximum absolute atomic E-state index is 12.1. The number of rotatable bonds is 3. The van der Waals surface area contributed by atoms with Gasteiger partial charge in [0.15, 0.2) is 17.7 Å². The van der Waals surface area contributed by atoms with E-state index in [0.717, 1.165) is 6.42 Å². The maximum Gasteiger partial charge on any atom is 0.269 e. The Kier molecular flexibility index (Phi) is 3.28. The van der Waals surface area contributed by atoms with Crippen LogP contribution in [0.1, 0.15) is 13.3 Å². The number of likely N-dealkylation sites (N-methyl/N-ethyl adjacent to an activating group) is 1. The Bertz CT molecular complexity index is 422. The molecule has 0 radical (unpaired) electrons. The SMILES string of the molecule is CC(CCN)C1Oc2cccnc2N(C)C1=O. The van der Waals surface area contributed by atoms with E-state index in [1.165, 1.54) is 0 Å². The number of carbonyl (C=O) groups is 1. The normalized spacial score (nSPS) is 20.8. The number of nitrogens with two attached hydrogens (primary N) is 1. The van der Waals surface area contributed by atoms with E-state index < -0.39 is 6.10 Å². The molecule has 17 heavy (non-hydrogen) atoms. The van der Waals surface area contributed by atoms with Gasteiger partial charge in [0.1, 0.15) is 0 Å². The van der Waals surface area contributed by atoms with E-state index in [9.17, 15) is 4.79 Å². The highest BCUT2D eigenvalue weighted by Crippen LogP contribution is 2.32. The lowest BCUT2D eigenvalue weighted by Gasteiger charge is -2.33. The van der Waals surface area contributed by atoms with E-state index in [2.05, 4.69) is 4.98 Å². The number of pyridine rings is 1. The molecule has 1 amide bonds. The Balaban J connectivity index is 2.27. The Morgan fingerprint density at radius 3 is 3.12 bits per heavy atom. The smallest absolute Gasteiger partial charge is 0.269 e. The van der Waals surface area contributed by atoms with Crippen molar-refractivity contribution in [2.24, 2.45) is 11.7 Å². The Morgan fingerprint density at radius 2 is 2.41 bits per heavy atom. The van der Waals surface area contributed by atoms with Crippen LogP contribution in [-0.2, 0) is 4.79 Å². The van der Waals surface area contributed by atoms with E-state index in [0.29, 0.717) is 18.1 Å². The van der Waals surface area contributed by atoms with Gasteiger partial charge in [0.25, 0.3) is 5.91 Å². The van der Waals surface area contributed by atoms with Crippen LogP contribution in [0.2, 0.25) is 0 Å². The molecule has 1 aliphatic rings. The van der Waals surface area contributed by atoms with Gasteiger partial charge in [0.2, 0.25) is 0 Å². The standard InChI is InChI=1S/C12H17N3O2/c1-8(5-6-13)10-12(16)15(2)11-9(17-10)4-3-7-14-11/h3-4,7-8,10H,5-6,13H2,1-2H3. The quantitative estimate of drug-likeness (QED) is 0.841. The van der Waals surface area contributed by atoms with Crippen molar-refractivity contribution in [1.82, 2.24) is 4.98 Å². The summed E-state index contributed by atoms with van der Waals surface area (Å²) in [6.07, 6.45) is 1.95. The number of nitrogens with zero attached hydrogens (tertiary/aromatic N) is 2. The van der Waals surface area contributed by atoms with Crippen LogP contribution in [0.3, 0.4) is 0 Å². The molecule has 0 spiro atoms. The summed E-state index contributed by atoms with van der Waals surface area (Å²) in [6.45, 7) is 2.53. The molecule has 0 bridgehead atoms. The highest BCUT2D eigenvalue weighted by atomic mass is 16.5. The first-order valence-corrected chi connectivity index (χ1v) is 5.74. The van der Waals surface area contributed by atoms with Crippen LogP contribution in [0.4, 0.5) is 5.82 Å². The molecule has 0 aromatic carbocycles. The molecule has 92 valence electrons. The van der Waals surface area contributed by atoms with Gasteiger partial charge in [-0.3, -0.25) is 9.69 Å². The average molecular weight is 235 g/mol. The Hall–Kier alpha value is -1.62. The first-order chi connectivity index (χ1) is 8.15. The lowest BCUT2D eigenvalue weighted by Crippen LogP contribution is -2.47. The molecule has 0 fully saturated rings. The molecular weight excluding hydrogens is 218 g/mol. The minimum absolute atomic E-state index is 0.0582. The Morgan fingerprint density at radius 1 is 1.65 bits per heavy atom. The average Bonchev–Trinajstić information content (AvgIpc) is 2.34. The van der Waals surface area contributed by atoms with E-state index in [1.807, 2.05) is 13.0 Å². The van der Waals surface area contributed by atoms with Crippen LogP contribution in [-0.4, -0.2) is 30.6 Å². The van der Waals surface area contributed by atoms with Crippen molar-refractivity contribution in [2.45, 2.75) is 19.4 Å². The molecule has 2 atom stereocenters. The van der Waals surface area contributed by atoms with Crippen LogP contribution in [0, 0.1) is 5.92 Å². The lowest BCUT2D eigenvalue weighted by molar-refractivity contribution is -0.128. The Labute approximate surface area is 101 Å². The molecule has 0 saturated carbocycles. The summed E-state index contributed by atoms with van der Waals surface area (Å²) in [5.74, 6) is 1.28. The predicted octanol–water partition coefficient (Wildman–Crippen LogP) is 0.790. The summed E-state index contributed by atoms with van der Waals surface area (Å²) in [5.41, 5.74) is 5.52. The molecule has 5 heteroatoms. The van der Waals surface area contributed by atoms with Gasteiger partial charge >= 0.3 is 0 Å². The molecular formula is C12H17N3O2. The van der Waals surface area contributed by atoms with Gasteiger partial charge in [0.05, 0.1) is 0 Å². The number of hydrogen-bond acceptors (Lipinski definition) is 4. The van der Waals surface area contributed by atoms with Crippen molar-refractivity contribution >= 4 is 11.7 Å². The molecule has 2 heterocycles. The third-order valence-corrected chi connectivity index (χ3v) is 3.04. The fourth-order valence-corrected chi connectivity index (χ4v) is 1.98. The zero-order valence-electron chi connectivity index (χ0n) is 10.1. The number of carbonyl (C=O) groups excluding carboxylic acids is 1. The van der Waals surface area contributed by atoms with Crippen LogP contribution in [0.15, 0.2) is 18.3 Å². The van der Waals surface area contributed by atoms with Gasteiger partial charge in [-0.25, -0.2) is 4.98 Å². The van der Waals surface area contributed by atoms with Crippen molar-refractivity contribution < 1.29 is 9.53 Å². The number of aromatic nitrogens is 1. The van der Waals surface area contributed by atoms with Gasteiger partial charge < -0.3 is 10.5 Å². The summed E-state index contributed by atoms with van der Waals surface area (Å²) < 4.78 is 5.72. The highest BCUT2D eigenvalue weighted by molar-refractivity contribution is 5.98. The third-order valence-electron chi connectivity index (χ3n) is 3.04. The van der Waals surface area contributed by atoms with Crippen LogP contribution in [0.5, 0.6) is 5.75 Å². The largest absolute Gasteiger partial charge is 0.476 e. The van der Waals surface area contributed by atoms with Crippen LogP contribution < -0.4 is 15.4 Å². The summed E-state index contributed by atoms with van der Waals surface area (Å²) in [6, 6.07) is 3.63. The fraction of sp³-hybridized carbons (Fsp3) is 0.500. The number of ether oxygens (including phenoxy) is 1. The molecule has 1 aliphatic heterocycles. The summed E-state index contributed by atoms with van der Waals surface area (Å²) in [4.78, 5) is 17.8. The van der Waals surface area contributed by atoms with Gasteiger partial charge in [-0.05, 0) is 25.1 Å². The maximum atomic E-state index is 12.1. The molecule has 2 unspecified atom stereocenters. The first-order valence-electron chi connectivity index (χ1n) is 5.74. The van der Waals surface area contributed by atoms with Crippen molar-refractivity contribution in [3.63, 3.8) is 0 Å². The summed E-state index contributed by atoms with van der Waals surface area (Å²) in [7, 11) is 1.72. The fourth-order valence-electron chi connectivity index (χ4n) is 1.98. The highest BCUT2D eigenvalue weighted by Gasteiger charge is 2.36. The van der Waals surface area contributed by atoms with Crippen molar-refractivity contribution in [1.29, 1.82) is 0 Å². The van der Waals surface area contributed by atoms with Gasteiger partial charge in [-0.1, -0.05) is 6.92 Å². The second-order valence-electron chi connectivity index (χ2n) is 4.32. The molecule has 0 aliphatic carbocycles. The molecule has 2 N–H and O–H groups in total. The van der Waals surface area contributed by atoms with Gasteiger partial charge in [0, 0.05) is 19.2 Å². The first kappa shape index (κ1) is 11.9. The molecule has 1 aromatic rings. The second kappa shape index (κ2) is 4.71. The number of anilines is 1. The summed E-state index contributed by atoms with van der Waals surface area (Å²) in [5, 5.41) is 0. The molecule has 2 rings (SSSR count). The minimum Gasteiger partial charge on any atom is -0.476 e. The number of hydrogen-bond donors (Lipinski definition) is 1. The molecule has 5 nitrogen and oxygen atoms in total. The topological polar surface area (TPSA) is 68.5 Å². The predicted molar refractivity (Wildman–Crippen MR) is 64.9 cm³/mol. The van der Waals surface area contributed by atoms with Crippen LogP contribution >= 0.6 is 0 Å². The van der Waals surface area contributed by atoms with Crippen molar-refractivity contribution in [3.05, 3.63) is 18.3 Å². The van der Waals surface area contributed by atoms with Crippen molar-refractivity contribution in [2.75, 3.05) is 18.5 Å². The van der Waals surface area contributed by atoms with E-state index in [1.54, 1.807) is 24.2 Å². The van der Waals surface area contributed by atoms with Gasteiger partial charge in [-0.2, -0.15) is 0 Å². The number of fused-ring (bicyclic) bond motifs is 1. The van der Waals surface area contributed by atoms with E-state index in [-0.39, 0.29) is 11.8 Å². The van der Waals surface area contributed by atoms with E-state index >= 15 is 0 Å².